The van der Waals surface area contributed by atoms with E-state index in [1.165, 1.54) is 0 Å². The molecule has 6 nitrogen and oxygen atoms in total. The first kappa shape index (κ1) is 19.6. The molecule has 4 rings (SSSR count). The molecule has 0 atom stereocenters. The molecule has 1 aromatic carbocycles. The molecule has 0 spiro atoms. The highest BCUT2D eigenvalue weighted by Gasteiger charge is 2.29. The first-order chi connectivity index (χ1) is 14.5. The van der Waals surface area contributed by atoms with E-state index < -0.39 is 11.7 Å². The highest BCUT2D eigenvalue weighted by molar-refractivity contribution is 6.45. The van der Waals surface area contributed by atoms with Crippen molar-refractivity contribution in [1.82, 2.24) is 14.9 Å². The van der Waals surface area contributed by atoms with Gasteiger partial charge in [-0.3, -0.25) is 14.6 Å². The lowest BCUT2D eigenvalue weighted by molar-refractivity contribution is -0.126. The van der Waals surface area contributed by atoms with E-state index >= 15 is 0 Å². The predicted octanol–water partition coefficient (Wildman–Crippen LogP) is 4.32. The van der Waals surface area contributed by atoms with Gasteiger partial charge in [0.05, 0.1) is 23.3 Å². The standard InChI is InChI=1S/C24H22N4O2/c1-15-13-26-16(2)21-20(15)19(14-27-21)23(29)24(30)28-11-9-18(10-12-28)22(25-3)17-7-5-4-6-8-17/h4-8,13-14,27H,9-12H2,1-2H3. The number of aromatic amines is 1. The zero-order valence-electron chi connectivity index (χ0n) is 17.0. The second kappa shape index (κ2) is 7.96. The molecule has 6 heteroatoms. The number of aryl methyl sites for hydroxylation is 2. The van der Waals surface area contributed by atoms with Crippen LogP contribution in [0.3, 0.4) is 0 Å². The molecular weight excluding hydrogens is 376 g/mol. The molecule has 1 N–H and O–H groups in total. The zero-order chi connectivity index (χ0) is 21.3. The Morgan fingerprint density at radius 2 is 1.83 bits per heavy atom. The Bertz CT molecular complexity index is 1210. The van der Waals surface area contributed by atoms with Crippen molar-refractivity contribution in [3.63, 3.8) is 0 Å². The van der Waals surface area contributed by atoms with Gasteiger partial charge >= 0.3 is 0 Å². The quantitative estimate of drug-likeness (QED) is 0.406. The van der Waals surface area contributed by atoms with Crippen LogP contribution in [0, 0.1) is 20.4 Å². The van der Waals surface area contributed by atoms with Crippen LogP contribution in [-0.2, 0) is 4.79 Å². The van der Waals surface area contributed by atoms with E-state index in [9.17, 15) is 9.59 Å². The zero-order valence-corrected chi connectivity index (χ0v) is 17.0. The smallest absolute Gasteiger partial charge is 0.295 e. The lowest BCUT2D eigenvalue weighted by Crippen LogP contribution is -2.40. The van der Waals surface area contributed by atoms with E-state index in [-0.39, 0.29) is 0 Å². The first-order valence-electron chi connectivity index (χ1n) is 9.93. The normalized spacial score (nSPS) is 13.9. The number of Topliss-reactive ketones (excluding diaryl/α,β-unsaturated/α-hetero) is 1. The van der Waals surface area contributed by atoms with Crippen LogP contribution < -0.4 is 0 Å². The fraction of sp³-hybridized carbons (Fsp3) is 0.250. The maximum absolute atomic E-state index is 13.0. The number of H-pyrrole nitrogens is 1. The van der Waals surface area contributed by atoms with Crippen LogP contribution in [0.1, 0.15) is 40.0 Å². The lowest BCUT2D eigenvalue weighted by Gasteiger charge is -2.28. The van der Waals surface area contributed by atoms with Crippen LogP contribution in [0.4, 0.5) is 0 Å². The Morgan fingerprint density at radius 3 is 2.50 bits per heavy atom. The fourth-order valence-corrected chi connectivity index (χ4v) is 4.04. The summed E-state index contributed by atoms with van der Waals surface area (Å²) in [6.07, 6.45) is 4.53. The minimum absolute atomic E-state index is 0.394. The fourth-order valence-electron chi connectivity index (χ4n) is 4.04. The average molecular weight is 398 g/mol. The molecule has 1 saturated heterocycles. The Kier molecular flexibility index (Phi) is 5.20. The van der Waals surface area contributed by atoms with Crippen LogP contribution in [0.2, 0.25) is 0 Å². The van der Waals surface area contributed by atoms with E-state index in [4.69, 9.17) is 6.57 Å². The van der Waals surface area contributed by atoms with Crippen molar-refractivity contribution in [2.45, 2.75) is 26.7 Å². The van der Waals surface area contributed by atoms with Gasteiger partial charge in [-0.15, -0.1) is 0 Å². The van der Waals surface area contributed by atoms with E-state index in [2.05, 4.69) is 14.8 Å². The second-order valence-corrected chi connectivity index (χ2v) is 7.53. The molecular formula is C24H22N4O2. The summed E-state index contributed by atoms with van der Waals surface area (Å²) in [5, 5.41) is 0.762. The third-order valence-electron chi connectivity index (χ3n) is 5.68. The van der Waals surface area contributed by atoms with Crippen molar-refractivity contribution in [3.05, 3.63) is 82.1 Å². The van der Waals surface area contributed by atoms with Crippen molar-refractivity contribution in [3.8, 4) is 0 Å². The SMILES string of the molecule is [C-]#[N+]C(=C1CCN(C(=O)C(=O)c2c[nH]c3c(C)ncc(C)c23)CC1)c1ccccc1. The van der Waals surface area contributed by atoms with Gasteiger partial charge in [-0.2, -0.15) is 0 Å². The first-order valence-corrected chi connectivity index (χ1v) is 9.93. The summed E-state index contributed by atoms with van der Waals surface area (Å²) < 4.78 is 0. The van der Waals surface area contributed by atoms with E-state index in [1.807, 2.05) is 44.2 Å². The molecule has 0 unspecified atom stereocenters. The summed E-state index contributed by atoms with van der Waals surface area (Å²) in [6.45, 7) is 12.2. The number of piperidine rings is 1. The molecule has 150 valence electrons. The summed E-state index contributed by atoms with van der Waals surface area (Å²) in [7, 11) is 0. The Hall–Kier alpha value is -3.72. The topological polar surface area (TPSA) is 70.4 Å². The predicted molar refractivity (Wildman–Crippen MR) is 116 cm³/mol. The lowest BCUT2D eigenvalue weighted by atomic mass is 9.97. The van der Waals surface area contributed by atoms with E-state index in [0.29, 0.717) is 37.2 Å². The summed E-state index contributed by atoms with van der Waals surface area (Å²) in [5.74, 6) is -0.997. The number of hydrogen-bond donors (Lipinski definition) is 1. The van der Waals surface area contributed by atoms with Gasteiger partial charge in [0.2, 0.25) is 0 Å². The van der Waals surface area contributed by atoms with Gasteiger partial charge in [-0.1, -0.05) is 35.9 Å². The monoisotopic (exact) mass is 398 g/mol. The number of aromatic nitrogens is 2. The molecule has 0 aliphatic carbocycles. The number of nitrogens with zero attached hydrogens (tertiary/aromatic N) is 3. The average Bonchev–Trinajstić information content (AvgIpc) is 3.24. The van der Waals surface area contributed by atoms with Gasteiger partial charge in [0.15, 0.2) is 5.70 Å². The van der Waals surface area contributed by atoms with Crippen LogP contribution in [0.25, 0.3) is 21.4 Å². The van der Waals surface area contributed by atoms with Gasteiger partial charge in [0.1, 0.15) is 0 Å². The number of pyridine rings is 1. The largest absolute Gasteiger partial charge is 0.359 e. The number of fused-ring (bicyclic) bond motifs is 1. The number of likely N-dealkylation sites (tertiary alicyclic amines) is 1. The Labute approximate surface area is 175 Å². The molecule has 3 aromatic rings. The van der Waals surface area contributed by atoms with Gasteiger partial charge in [-0.25, -0.2) is 4.85 Å². The number of rotatable bonds is 3. The highest BCUT2D eigenvalue weighted by atomic mass is 16.2. The molecule has 0 radical (unpaired) electrons. The molecule has 0 saturated carbocycles. The maximum Gasteiger partial charge on any atom is 0.295 e. The third-order valence-corrected chi connectivity index (χ3v) is 5.68. The van der Waals surface area contributed by atoms with E-state index in [1.54, 1.807) is 17.3 Å². The number of amides is 1. The van der Waals surface area contributed by atoms with Crippen LogP contribution >= 0.6 is 0 Å². The number of nitrogens with one attached hydrogen (secondary N) is 1. The number of ketones is 1. The molecule has 1 amide bonds. The molecule has 1 aliphatic rings. The number of carbonyl (C=O) groups is 2. The molecule has 2 aromatic heterocycles. The Morgan fingerprint density at radius 1 is 1.13 bits per heavy atom. The van der Waals surface area contributed by atoms with Gasteiger partial charge in [0.25, 0.3) is 11.7 Å². The minimum Gasteiger partial charge on any atom is -0.359 e. The number of benzene rings is 1. The van der Waals surface area contributed by atoms with Gasteiger partial charge in [-0.05, 0) is 37.8 Å². The minimum atomic E-state index is -0.504. The second-order valence-electron chi connectivity index (χ2n) is 7.53. The molecule has 30 heavy (non-hydrogen) atoms. The molecule has 1 aliphatic heterocycles. The van der Waals surface area contributed by atoms with Crippen molar-refractivity contribution in [2.75, 3.05) is 13.1 Å². The summed E-state index contributed by atoms with van der Waals surface area (Å²) >= 11 is 0. The van der Waals surface area contributed by atoms with Crippen LogP contribution in [-0.4, -0.2) is 39.6 Å². The summed E-state index contributed by atoms with van der Waals surface area (Å²) in [4.78, 5) is 38.6. The number of hydrogen-bond acceptors (Lipinski definition) is 3. The van der Waals surface area contributed by atoms with Crippen molar-refractivity contribution < 1.29 is 9.59 Å². The molecule has 3 heterocycles. The van der Waals surface area contributed by atoms with Gasteiger partial charge in [0, 0.05) is 30.9 Å². The van der Waals surface area contributed by atoms with Gasteiger partial charge < -0.3 is 9.88 Å². The molecule has 1 fully saturated rings. The van der Waals surface area contributed by atoms with Crippen molar-refractivity contribution in [2.24, 2.45) is 0 Å². The van der Waals surface area contributed by atoms with Crippen molar-refractivity contribution >= 4 is 28.3 Å². The summed E-state index contributed by atoms with van der Waals surface area (Å²) in [6, 6.07) is 9.61. The highest BCUT2D eigenvalue weighted by Crippen LogP contribution is 2.29. The Balaban J connectivity index is 1.54. The molecule has 0 bridgehead atoms. The van der Waals surface area contributed by atoms with Crippen LogP contribution in [0.15, 0.2) is 48.3 Å². The maximum atomic E-state index is 13.0. The number of carbonyl (C=O) groups excluding carboxylic acids is 2. The van der Waals surface area contributed by atoms with Crippen LogP contribution in [0.5, 0.6) is 0 Å². The summed E-state index contributed by atoms with van der Waals surface area (Å²) in [5.41, 5.74) is 5.44. The van der Waals surface area contributed by atoms with Crippen molar-refractivity contribution in [1.29, 1.82) is 0 Å². The van der Waals surface area contributed by atoms with E-state index in [0.717, 1.165) is 33.3 Å². The third kappa shape index (κ3) is 3.39.